The number of hydrogen-bond donors (Lipinski definition) is 2. The van der Waals surface area contributed by atoms with Crippen LogP contribution in [0.25, 0.3) is 5.76 Å². The highest BCUT2D eigenvalue weighted by Crippen LogP contribution is 2.43. The lowest BCUT2D eigenvalue weighted by Gasteiger charge is -2.26. The largest absolute Gasteiger partial charge is 0.507 e. The molecule has 1 atom stereocenters. The molecule has 1 saturated heterocycles. The lowest BCUT2D eigenvalue weighted by Crippen LogP contribution is -2.29. The molecular formula is C29H28N2O6. The lowest BCUT2D eigenvalue weighted by atomic mass is 9.95. The first-order valence-corrected chi connectivity index (χ1v) is 11.9. The van der Waals surface area contributed by atoms with Crippen molar-refractivity contribution in [3.8, 4) is 11.5 Å². The van der Waals surface area contributed by atoms with E-state index < -0.39 is 17.7 Å². The molecule has 190 valence electrons. The molecule has 2 amide bonds. The van der Waals surface area contributed by atoms with Gasteiger partial charge in [0.25, 0.3) is 11.7 Å². The molecule has 8 heteroatoms. The van der Waals surface area contributed by atoms with E-state index in [1.165, 1.54) is 11.8 Å². The maximum absolute atomic E-state index is 13.4. The SMILES string of the molecule is CCCOc1cccc(/C(O)=C2/C(=O)C(=O)N(c3ccc(NC(C)=O)cc3)C2c2ccc(OC)cc2)c1. The highest BCUT2D eigenvalue weighted by Gasteiger charge is 2.47. The average Bonchev–Trinajstić information content (AvgIpc) is 3.17. The smallest absolute Gasteiger partial charge is 0.300 e. The second-order valence-electron chi connectivity index (χ2n) is 8.55. The van der Waals surface area contributed by atoms with E-state index in [4.69, 9.17) is 9.47 Å². The predicted octanol–water partition coefficient (Wildman–Crippen LogP) is 5.07. The Kier molecular flexibility index (Phi) is 7.57. The van der Waals surface area contributed by atoms with E-state index in [1.807, 2.05) is 6.92 Å². The second-order valence-corrected chi connectivity index (χ2v) is 8.55. The number of aliphatic hydroxyl groups excluding tert-OH is 1. The summed E-state index contributed by atoms with van der Waals surface area (Å²) in [6.07, 6.45) is 0.819. The summed E-state index contributed by atoms with van der Waals surface area (Å²) < 4.78 is 10.9. The first-order valence-electron chi connectivity index (χ1n) is 11.9. The van der Waals surface area contributed by atoms with Crippen molar-refractivity contribution in [1.29, 1.82) is 0 Å². The summed E-state index contributed by atoms with van der Waals surface area (Å²) in [6.45, 7) is 3.90. The van der Waals surface area contributed by atoms with Crippen molar-refractivity contribution >= 4 is 34.7 Å². The molecular weight excluding hydrogens is 472 g/mol. The third-order valence-corrected chi connectivity index (χ3v) is 5.92. The molecule has 0 bridgehead atoms. The van der Waals surface area contributed by atoms with Crippen LogP contribution in [0.1, 0.15) is 37.4 Å². The van der Waals surface area contributed by atoms with Crippen LogP contribution >= 0.6 is 0 Å². The van der Waals surface area contributed by atoms with Gasteiger partial charge in [0.1, 0.15) is 17.3 Å². The average molecular weight is 501 g/mol. The number of aliphatic hydroxyl groups is 1. The molecule has 1 heterocycles. The van der Waals surface area contributed by atoms with E-state index in [1.54, 1.807) is 79.9 Å². The fourth-order valence-electron chi connectivity index (χ4n) is 4.22. The predicted molar refractivity (Wildman–Crippen MR) is 141 cm³/mol. The van der Waals surface area contributed by atoms with Crippen LogP contribution in [0, 0.1) is 0 Å². The molecule has 0 aromatic heterocycles. The highest BCUT2D eigenvalue weighted by molar-refractivity contribution is 6.51. The standard InChI is InChI=1S/C29H28N2O6/c1-4-16-37-24-7-5-6-20(17-24)27(33)25-26(19-8-14-23(36-3)15-9-19)31(29(35)28(25)34)22-12-10-21(11-13-22)30-18(2)32/h5-15,17,26,33H,4,16H2,1-3H3,(H,30,32)/b27-25-. The summed E-state index contributed by atoms with van der Waals surface area (Å²) >= 11 is 0. The summed E-state index contributed by atoms with van der Waals surface area (Å²) in [7, 11) is 1.55. The van der Waals surface area contributed by atoms with Crippen LogP contribution in [0.3, 0.4) is 0 Å². The Morgan fingerprint density at radius 2 is 1.70 bits per heavy atom. The zero-order valence-corrected chi connectivity index (χ0v) is 20.9. The van der Waals surface area contributed by atoms with Crippen LogP contribution in [0.4, 0.5) is 11.4 Å². The lowest BCUT2D eigenvalue weighted by molar-refractivity contribution is -0.132. The van der Waals surface area contributed by atoms with Gasteiger partial charge in [-0.05, 0) is 60.5 Å². The van der Waals surface area contributed by atoms with E-state index in [2.05, 4.69) is 5.32 Å². The van der Waals surface area contributed by atoms with Gasteiger partial charge in [0.2, 0.25) is 5.91 Å². The maximum Gasteiger partial charge on any atom is 0.300 e. The Morgan fingerprint density at radius 1 is 1.00 bits per heavy atom. The summed E-state index contributed by atoms with van der Waals surface area (Å²) in [5.74, 6) is -0.928. The Morgan fingerprint density at radius 3 is 2.32 bits per heavy atom. The van der Waals surface area contributed by atoms with Gasteiger partial charge < -0.3 is 19.9 Å². The summed E-state index contributed by atoms with van der Waals surface area (Å²) in [4.78, 5) is 39.5. The number of anilines is 2. The van der Waals surface area contributed by atoms with Gasteiger partial charge in [-0.3, -0.25) is 19.3 Å². The van der Waals surface area contributed by atoms with Gasteiger partial charge in [0.15, 0.2) is 0 Å². The molecule has 1 aliphatic rings. The fourth-order valence-corrected chi connectivity index (χ4v) is 4.22. The monoisotopic (exact) mass is 500 g/mol. The summed E-state index contributed by atoms with van der Waals surface area (Å²) in [6, 6.07) is 19.5. The zero-order valence-electron chi connectivity index (χ0n) is 20.9. The normalized spacial score (nSPS) is 16.5. The minimum atomic E-state index is -0.891. The molecule has 0 aliphatic carbocycles. The molecule has 1 unspecified atom stereocenters. The molecule has 0 radical (unpaired) electrons. The van der Waals surface area contributed by atoms with Gasteiger partial charge >= 0.3 is 0 Å². The van der Waals surface area contributed by atoms with E-state index in [-0.39, 0.29) is 17.2 Å². The molecule has 2 N–H and O–H groups in total. The van der Waals surface area contributed by atoms with E-state index >= 15 is 0 Å². The minimum Gasteiger partial charge on any atom is -0.507 e. The molecule has 4 rings (SSSR count). The van der Waals surface area contributed by atoms with Crippen LogP contribution in [0.2, 0.25) is 0 Å². The molecule has 8 nitrogen and oxygen atoms in total. The van der Waals surface area contributed by atoms with Crippen molar-refractivity contribution in [3.63, 3.8) is 0 Å². The number of ketones is 1. The number of methoxy groups -OCH3 is 1. The topological polar surface area (TPSA) is 105 Å². The number of Topliss-reactive ketones (excluding diaryl/α,β-unsaturated/α-hetero) is 1. The van der Waals surface area contributed by atoms with Crippen molar-refractivity contribution in [2.24, 2.45) is 0 Å². The van der Waals surface area contributed by atoms with Gasteiger partial charge in [-0.2, -0.15) is 0 Å². The number of ether oxygens (including phenoxy) is 2. The number of benzene rings is 3. The molecule has 0 saturated carbocycles. The van der Waals surface area contributed by atoms with E-state index in [9.17, 15) is 19.5 Å². The Balaban J connectivity index is 1.84. The summed E-state index contributed by atoms with van der Waals surface area (Å²) in [5, 5.41) is 14.0. The minimum absolute atomic E-state index is 0.0336. The van der Waals surface area contributed by atoms with Gasteiger partial charge in [0.05, 0.1) is 25.3 Å². The van der Waals surface area contributed by atoms with Crippen molar-refractivity contribution in [2.45, 2.75) is 26.3 Å². The van der Waals surface area contributed by atoms with Crippen molar-refractivity contribution in [1.82, 2.24) is 0 Å². The van der Waals surface area contributed by atoms with Gasteiger partial charge in [-0.15, -0.1) is 0 Å². The number of carbonyl (C=O) groups is 3. The molecule has 3 aromatic carbocycles. The molecule has 37 heavy (non-hydrogen) atoms. The Bertz CT molecular complexity index is 1350. The van der Waals surface area contributed by atoms with E-state index in [0.29, 0.717) is 40.6 Å². The molecule has 1 fully saturated rings. The number of amides is 2. The Labute approximate surface area is 215 Å². The maximum atomic E-state index is 13.4. The molecule has 1 aliphatic heterocycles. The third kappa shape index (κ3) is 5.33. The second kappa shape index (κ2) is 11.0. The van der Waals surface area contributed by atoms with Crippen LogP contribution in [-0.4, -0.2) is 36.4 Å². The number of rotatable bonds is 8. The first-order chi connectivity index (χ1) is 17.8. The van der Waals surface area contributed by atoms with Crippen LogP contribution in [0.5, 0.6) is 11.5 Å². The van der Waals surface area contributed by atoms with Crippen LogP contribution in [0.15, 0.2) is 78.4 Å². The van der Waals surface area contributed by atoms with Crippen molar-refractivity contribution in [3.05, 3.63) is 89.5 Å². The molecule has 0 spiro atoms. The highest BCUT2D eigenvalue weighted by atomic mass is 16.5. The van der Waals surface area contributed by atoms with E-state index in [0.717, 1.165) is 6.42 Å². The van der Waals surface area contributed by atoms with Gasteiger partial charge in [-0.1, -0.05) is 31.2 Å². The third-order valence-electron chi connectivity index (χ3n) is 5.92. The number of nitrogens with zero attached hydrogens (tertiary/aromatic N) is 1. The first kappa shape index (κ1) is 25.5. The number of hydrogen-bond acceptors (Lipinski definition) is 6. The van der Waals surface area contributed by atoms with Crippen molar-refractivity contribution in [2.75, 3.05) is 23.9 Å². The van der Waals surface area contributed by atoms with Crippen LogP contribution in [-0.2, 0) is 14.4 Å². The van der Waals surface area contributed by atoms with Crippen LogP contribution < -0.4 is 19.7 Å². The summed E-state index contributed by atoms with van der Waals surface area (Å²) in [5.41, 5.74) is 1.94. The van der Waals surface area contributed by atoms with Gasteiger partial charge in [0, 0.05) is 23.9 Å². The number of carbonyl (C=O) groups excluding carboxylic acids is 3. The van der Waals surface area contributed by atoms with Gasteiger partial charge in [-0.25, -0.2) is 0 Å². The quantitative estimate of drug-likeness (QED) is 0.254. The number of nitrogens with one attached hydrogen (secondary N) is 1. The fraction of sp³-hybridized carbons (Fsp3) is 0.207. The molecule has 3 aromatic rings. The Hall–Kier alpha value is -4.59. The zero-order chi connectivity index (χ0) is 26.5. The van der Waals surface area contributed by atoms with Crippen molar-refractivity contribution < 1.29 is 29.0 Å².